The van der Waals surface area contributed by atoms with Crippen LogP contribution in [0.15, 0.2) is 0 Å². The minimum Gasteiger partial charge on any atom is -0.382 e. The largest absolute Gasteiger partial charge is 0.382 e. The summed E-state index contributed by atoms with van der Waals surface area (Å²) in [6.45, 7) is 0. The molecule has 0 spiro atoms. The quantitative estimate of drug-likeness (QED) is 0.778. The third-order valence-corrected chi connectivity index (χ3v) is 2.85. The van der Waals surface area contributed by atoms with E-state index in [1.54, 1.807) is 14.1 Å². The van der Waals surface area contributed by atoms with Gasteiger partial charge in [0.1, 0.15) is 10.7 Å². The Hall–Kier alpha value is -1.30. The van der Waals surface area contributed by atoms with Gasteiger partial charge in [0.2, 0.25) is 0 Å². The molecule has 2 N–H and O–H groups in total. The van der Waals surface area contributed by atoms with Crippen molar-refractivity contribution >= 4 is 28.2 Å². The zero-order chi connectivity index (χ0) is 10.9. The fourth-order valence-corrected chi connectivity index (χ4v) is 1.80. The molecule has 0 atom stereocenters. The molecule has 0 unspecified atom stereocenters. The summed E-state index contributed by atoms with van der Waals surface area (Å²) in [7, 11) is 7.11. The minimum absolute atomic E-state index is 0.104. The van der Waals surface area contributed by atoms with E-state index in [0.717, 1.165) is 5.13 Å². The lowest BCUT2D eigenvalue weighted by molar-refractivity contribution is 0.0833. The third-order valence-electron chi connectivity index (χ3n) is 1.63. The molecule has 0 saturated heterocycles. The first-order chi connectivity index (χ1) is 6.43. The van der Waals surface area contributed by atoms with Crippen LogP contribution in [-0.2, 0) is 0 Å². The van der Waals surface area contributed by atoms with Crippen LogP contribution in [0.2, 0.25) is 0 Å². The molecule has 78 valence electrons. The summed E-state index contributed by atoms with van der Waals surface area (Å²) in [5.41, 5.74) is 5.64. The van der Waals surface area contributed by atoms with Gasteiger partial charge in [-0.05, 0) is 0 Å². The molecule has 0 saturated carbocycles. The molecular weight excluding hydrogens is 200 g/mol. The van der Waals surface area contributed by atoms with E-state index in [-0.39, 0.29) is 5.91 Å². The van der Waals surface area contributed by atoms with E-state index in [9.17, 15) is 4.79 Å². The molecule has 0 aliphatic heterocycles. The Bertz CT molecular complexity index is 345. The summed E-state index contributed by atoms with van der Waals surface area (Å²) < 4.78 is 0. The Kier molecular flexibility index (Phi) is 2.95. The zero-order valence-electron chi connectivity index (χ0n) is 8.74. The van der Waals surface area contributed by atoms with Crippen LogP contribution in [0.5, 0.6) is 0 Å². The van der Waals surface area contributed by atoms with Gasteiger partial charge >= 0.3 is 0 Å². The highest BCUT2D eigenvalue weighted by atomic mass is 32.1. The molecule has 1 amide bonds. The first-order valence-corrected chi connectivity index (χ1v) is 4.90. The van der Waals surface area contributed by atoms with Crippen LogP contribution in [0.3, 0.4) is 0 Å². The van der Waals surface area contributed by atoms with Crippen LogP contribution < -0.4 is 10.6 Å². The molecule has 0 fully saturated rings. The van der Waals surface area contributed by atoms with Crippen LogP contribution in [0, 0.1) is 0 Å². The molecule has 0 radical (unpaired) electrons. The van der Waals surface area contributed by atoms with Gasteiger partial charge in [-0.15, -0.1) is 0 Å². The summed E-state index contributed by atoms with van der Waals surface area (Å²) in [6, 6.07) is 0. The normalized spacial score (nSPS) is 10.0. The average molecular weight is 214 g/mol. The van der Waals surface area contributed by atoms with E-state index in [1.807, 2.05) is 19.0 Å². The predicted molar refractivity (Wildman–Crippen MR) is 58.9 cm³/mol. The second kappa shape index (κ2) is 3.83. The van der Waals surface area contributed by atoms with Gasteiger partial charge in [-0.1, -0.05) is 11.3 Å². The number of hydrogen-bond donors (Lipinski definition) is 1. The van der Waals surface area contributed by atoms with Crippen LogP contribution in [-0.4, -0.2) is 44.0 Å². The summed E-state index contributed by atoms with van der Waals surface area (Å²) in [6.07, 6.45) is 0. The molecule has 1 aromatic heterocycles. The number of amides is 1. The van der Waals surface area contributed by atoms with E-state index in [1.165, 1.54) is 16.2 Å². The molecule has 1 heterocycles. The number of rotatable bonds is 2. The summed E-state index contributed by atoms with van der Waals surface area (Å²) >= 11 is 1.30. The molecule has 0 aliphatic rings. The molecule has 0 aliphatic carbocycles. The molecule has 1 aromatic rings. The SMILES string of the molecule is CN(C)C(=O)c1sc(N(C)C)nc1N. The number of carbonyl (C=O) groups is 1. The maximum Gasteiger partial charge on any atom is 0.267 e. The van der Waals surface area contributed by atoms with E-state index in [2.05, 4.69) is 4.98 Å². The number of hydrogen-bond acceptors (Lipinski definition) is 5. The molecule has 5 nitrogen and oxygen atoms in total. The fourth-order valence-electron chi connectivity index (χ4n) is 0.868. The second-order valence-corrected chi connectivity index (χ2v) is 4.28. The lowest BCUT2D eigenvalue weighted by Gasteiger charge is -2.08. The Morgan fingerprint density at radius 2 is 1.93 bits per heavy atom. The maximum absolute atomic E-state index is 11.6. The summed E-state index contributed by atoms with van der Waals surface area (Å²) in [5, 5.41) is 0.743. The Morgan fingerprint density at radius 3 is 2.29 bits per heavy atom. The van der Waals surface area contributed by atoms with Crippen LogP contribution >= 0.6 is 11.3 Å². The number of anilines is 2. The van der Waals surface area contributed by atoms with Crippen molar-refractivity contribution in [1.29, 1.82) is 0 Å². The highest BCUT2D eigenvalue weighted by Gasteiger charge is 2.18. The van der Waals surface area contributed by atoms with Gasteiger partial charge in [0.05, 0.1) is 0 Å². The smallest absolute Gasteiger partial charge is 0.267 e. The monoisotopic (exact) mass is 214 g/mol. The first-order valence-electron chi connectivity index (χ1n) is 4.08. The van der Waals surface area contributed by atoms with Crippen molar-refractivity contribution in [3.8, 4) is 0 Å². The highest BCUT2D eigenvalue weighted by molar-refractivity contribution is 7.18. The molecule has 6 heteroatoms. The zero-order valence-corrected chi connectivity index (χ0v) is 9.55. The highest BCUT2D eigenvalue weighted by Crippen LogP contribution is 2.27. The van der Waals surface area contributed by atoms with Crippen molar-refractivity contribution in [1.82, 2.24) is 9.88 Å². The van der Waals surface area contributed by atoms with Crippen molar-refractivity contribution < 1.29 is 4.79 Å². The topological polar surface area (TPSA) is 62.5 Å². The second-order valence-electron chi connectivity index (χ2n) is 3.30. The molecule has 0 bridgehead atoms. The van der Waals surface area contributed by atoms with Gasteiger partial charge in [-0.3, -0.25) is 4.79 Å². The van der Waals surface area contributed by atoms with Crippen LogP contribution in [0.1, 0.15) is 9.67 Å². The third kappa shape index (κ3) is 1.95. The average Bonchev–Trinajstić information content (AvgIpc) is 2.46. The molecule has 1 rings (SSSR count). The number of thiazole rings is 1. The summed E-state index contributed by atoms with van der Waals surface area (Å²) in [5.74, 6) is 0.200. The van der Waals surface area contributed by atoms with Crippen molar-refractivity contribution in [2.45, 2.75) is 0 Å². The number of nitrogen functional groups attached to an aromatic ring is 1. The van der Waals surface area contributed by atoms with Crippen molar-refractivity contribution in [3.63, 3.8) is 0 Å². The van der Waals surface area contributed by atoms with E-state index in [0.29, 0.717) is 10.7 Å². The first kappa shape index (κ1) is 10.8. The number of nitrogens with zero attached hydrogens (tertiary/aromatic N) is 3. The summed E-state index contributed by atoms with van der Waals surface area (Å²) in [4.78, 5) is 19.5. The van der Waals surface area contributed by atoms with Gasteiger partial charge in [0, 0.05) is 28.2 Å². The lowest BCUT2D eigenvalue weighted by atomic mass is 10.4. The molecule has 14 heavy (non-hydrogen) atoms. The number of nitrogens with two attached hydrogens (primary N) is 1. The van der Waals surface area contributed by atoms with Gasteiger partial charge in [-0.25, -0.2) is 4.98 Å². The maximum atomic E-state index is 11.6. The Morgan fingerprint density at radius 1 is 1.36 bits per heavy atom. The van der Waals surface area contributed by atoms with E-state index in [4.69, 9.17) is 5.73 Å². The fraction of sp³-hybridized carbons (Fsp3) is 0.500. The van der Waals surface area contributed by atoms with Gasteiger partial charge in [0.15, 0.2) is 5.13 Å². The number of carbonyl (C=O) groups excluding carboxylic acids is 1. The Labute approximate surface area is 87.1 Å². The standard InChI is InChI=1S/C8H14N4OS/c1-11(2)7(13)5-6(9)10-8(14-5)12(3)4/h9H2,1-4H3. The van der Waals surface area contributed by atoms with Crippen molar-refractivity contribution in [2.75, 3.05) is 38.8 Å². The molecular formula is C8H14N4OS. The minimum atomic E-state index is -0.104. The number of aromatic nitrogens is 1. The van der Waals surface area contributed by atoms with E-state index < -0.39 is 0 Å². The Balaban J connectivity index is 3.04. The van der Waals surface area contributed by atoms with Crippen molar-refractivity contribution in [2.24, 2.45) is 0 Å². The lowest BCUT2D eigenvalue weighted by Crippen LogP contribution is -2.21. The van der Waals surface area contributed by atoms with Gasteiger partial charge in [0.25, 0.3) is 5.91 Å². The van der Waals surface area contributed by atoms with Crippen LogP contribution in [0.25, 0.3) is 0 Å². The van der Waals surface area contributed by atoms with E-state index >= 15 is 0 Å². The van der Waals surface area contributed by atoms with Crippen LogP contribution in [0.4, 0.5) is 10.9 Å². The predicted octanol–water partition coefficient (Wildman–Crippen LogP) is 0.493. The van der Waals surface area contributed by atoms with Gasteiger partial charge < -0.3 is 15.5 Å². The molecule has 0 aromatic carbocycles. The van der Waals surface area contributed by atoms with Crippen molar-refractivity contribution in [3.05, 3.63) is 4.88 Å². The van der Waals surface area contributed by atoms with Gasteiger partial charge in [-0.2, -0.15) is 0 Å².